The van der Waals surface area contributed by atoms with E-state index in [1.165, 1.54) is 0 Å². The van der Waals surface area contributed by atoms with Crippen LogP contribution < -0.4 is 9.46 Å². The minimum Gasteiger partial charge on any atom is -0.497 e. The van der Waals surface area contributed by atoms with E-state index in [9.17, 15) is 9.00 Å². The second-order valence-corrected chi connectivity index (χ2v) is 8.17. The Morgan fingerprint density at radius 1 is 1.26 bits per heavy atom. The van der Waals surface area contributed by atoms with Gasteiger partial charge in [0.05, 0.1) is 29.4 Å². The number of carbonyl (C=O) groups excluding carboxylic acids is 1. The molecular formula is C17H27NO4S. The van der Waals surface area contributed by atoms with Gasteiger partial charge < -0.3 is 9.47 Å². The zero-order valence-electron chi connectivity index (χ0n) is 14.5. The van der Waals surface area contributed by atoms with Crippen LogP contribution in [0.2, 0.25) is 0 Å². The van der Waals surface area contributed by atoms with E-state index >= 15 is 0 Å². The highest BCUT2D eigenvalue weighted by molar-refractivity contribution is 7.84. The Bertz CT molecular complexity index is 522. The van der Waals surface area contributed by atoms with Crippen molar-refractivity contribution in [2.45, 2.75) is 51.3 Å². The summed E-state index contributed by atoms with van der Waals surface area (Å²) >= 11 is 0. The predicted molar refractivity (Wildman–Crippen MR) is 92.6 cm³/mol. The summed E-state index contributed by atoms with van der Waals surface area (Å²) in [6.45, 7) is 7.88. The average Bonchev–Trinajstić information content (AvgIpc) is 2.50. The molecule has 5 nitrogen and oxygen atoms in total. The summed E-state index contributed by atoms with van der Waals surface area (Å²) in [7, 11) is 0.384. The Kier molecular flexibility index (Phi) is 7.72. The lowest BCUT2D eigenvalue weighted by molar-refractivity contribution is -0.143. The monoisotopic (exact) mass is 341 g/mol. The number of methoxy groups -OCH3 is 1. The zero-order chi connectivity index (χ0) is 17.5. The SMILES string of the molecule is CCOC(=O)CC[C@@H](N[S@@](=O)C(C)(C)C)c1ccc(OC)cc1. The Morgan fingerprint density at radius 2 is 1.87 bits per heavy atom. The number of benzene rings is 1. The van der Waals surface area contributed by atoms with Crippen molar-refractivity contribution in [1.29, 1.82) is 0 Å². The summed E-state index contributed by atoms with van der Waals surface area (Å²) in [4.78, 5) is 11.6. The molecule has 1 N–H and O–H groups in total. The molecule has 6 heteroatoms. The minimum absolute atomic E-state index is 0.189. The molecule has 1 aromatic carbocycles. The van der Waals surface area contributed by atoms with Crippen molar-refractivity contribution in [2.24, 2.45) is 0 Å². The van der Waals surface area contributed by atoms with Crippen LogP contribution in [-0.2, 0) is 20.5 Å². The number of hydrogen-bond acceptors (Lipinski definition) is 4. The van der Waals surface area contributed by atoms with Gasteiger partial charge in [-0.3, -0.25) is 4.79 Å². The predicted octanol–water partition coefficient (Wildman–Crippen LogP) is 3.13. The third kappa shape index (κ3) is 6.71. The third-order valence-electron chi connectivity index (χ3n) is 3.27. The molecular weight excluding hydrogens is 314 g/mol. The number of ether oxygens (including phenoxy) is 2. The van der Waals surface area contributed by atoms with Crippen LogP contribution in [0.3, 0.4) is 0 Å². The van der Waals surface area contributed by atoms with Gasteiger partial charge in [0.2, 0.25) is 0 Å². The molecule has 0 saturated carbocycles. The summed E-state index contributed by atoms with van der Waals surface area (Å²) in [6.07, 6.45) is 0.797. The fraction of sp³-hybridized carbons (Fsp3) is 0.588. The molecule has 0 aliphatic rings. The molecule has 0 fully saturated rings. The van der Waals surface area contributed by atoms with E-state index in [4.69, 9.17) is 9.47 Å². The quantitative estimate of drug-likeness (QED) is 0.738. The van der Waals surface area contributed by atoms with E-state index in [0.29, 0.717) is 13.0 Å². The van der Waals surface area contributed by atoms with Crippen LogP contribution in [0.15, 0.2) is 24.3 Å². The average molecular weight is 341 g/mol. The highest BCUT2D eigenvalue weighted by Gasteiger charge is 2.24. The topological polar surface area (TPSA) is 64.6 Å². The molecule has 0 saturated heterocycles. The Morgan fingerprint density at radius 3 is 2.35 bits per heavy atom. The highest BCUT2D eigenvalue weighted by Crippen LogP contribution is 2.24. The largest absolute Gasteiger partial charge is 0.497 e. The molecule has 23 heavy (non-hydrogen) atoms. The molecule has 0 bridgehead atoms. The van der Waals surface area contributed by atoms with Crippen molar-refractivity contribution in [3.05, 3.63) is 29.8 Å². The second-order valence-electron chi connectivity index (χ2n) is 6.17. The van der Waals surface area contributed by atoms with Crippen LogP contribution in [0.5, 0.6) is 5.75 Å². The van der Waals surface area contributed by atoms with Gasteiger partial charge in [-0.25, -0.2) is 8.93 Å². The van der Waals surface area contributed by atoms with E-state index in [-0.39, 0.29) is 23.2 Å². The number of rotatable bonds is 8. The summed E-state index contributed by atoms with van der Waals surface area (Å²) in [5.41, 5.74) is 0.965. The number of carbonyl (C=O) groups is 1. The van der Waals surface area contributed by atoms with Gasteiger partial charge in [-0.15, -0.1) is 0 Å². The van der Waals surface area contributed by atoms with Gasteiger partial charge in [-0.05, 0) is 51.8 Å². The molecule has 0 aliphatic carbocycles. The maximum atomic E-state index is 12.4. The van der Waals surface area contributed by atoms with Crippen molar-refractivity contribution in [1.82, 2.24) is 4.72 Å². The number of nitrogens with one attached hydrogen (secondary N) is 1. The van der Waals surface area contributed by atoms with E-state index in [1.807, 2.05) is 45.0 Å². The first-order valence-electron chi connectivity index (χ1n) is 7.75. The molecule has 0 aromatic heterocycles. The molecule has 0 amide bonds. The smallest absolute Gasteiger partial charge is 0.305 e. The van der Waals surface area contributed by atoms with Crippen LogP contribution >= 0.6 is 0 Å². The van der Waals surface area contributed by atoms with Gasteiger partial charge in [0, 0.05) is 12.5 Å². The summed E-state index contributed by atoms with van der Waals surface area (Å²) in [5, 5.41) is 0. The summed E-state index contributed by atoms with van der Waals surface area (Å²) in [6, 6.07) is 7.36. The van der Waals surface area contributed by atoms with Crippen LogP contribution in [0.4, 0.5) is 0 Å². The van der Waals surface area contributed by atoms with E-state index < -0.39 is 11.0 Å². The standard InChI is InChI=1S/C17H27NO4S/c1-6-22-16(19)12-11-15(18-23(20)17(2,3)4)13-7-9-14(21-5)10-8-13/h7-10,15,18H,6,11-12H2,1-5H3/t15-,23+/m1/s1. The van der Waals surface area contributed by atoms with E-state index in [1.54, 1.807) is 14.0 Å². The van der Waals surface area contributed by atoms with Gasteiger partial charge in [-0.1, -0.05) is 12.1 Å². The first kappa shape index (κ1) is 19.6. The first-order valence-corrected chi connectivity index (χ1v) is 8.90. The molecule has 0 radical (unpaired) electrons. The van der Waals surface area contributed by atoms with Crippen molar-refractivity contribution >= 4 is 17.0 Å². The van der Waals surface area contributed by atoms with Gasteiger partial charge in [0.15, 0.2) is 0 Å². The lowest BCUT2D eigenvalue weighted by Gasteiger charge is -2.24. The van der Waals surface area contributed by atoms with Crippen LogP contribution in [0, 0.1) is 0 Å². The normalized spacial score (nSPS) is 14.1. The maximum absolute atomic E-state index is 12.4. The van der Waals surface area contributed by atoms with Gasteiger partial charge >= 0.3 is 5.97 Å². The lowest BCUT2D eigenvalue weighted by Crippen LogP contribution is -2.36. The fourth-order valence-corrected chi connectivity index (χ4v) is 2.80. The number of hydrogen-bond donors (Lipinski definition) is 1. The van der Waals surface area contributed by atoms with Crippen molar-refractivity contribution in [3.63, 3.8) is 0 Å². The Hall–Kier alpha value is -1.40. The minimum atomic E-state index is -1.23. The molecule has 1 rings (SSSR count). The molecule has 1 aromatic rings. The Balaban J connectivity index is 2.86. The summed E-state index contributed by atoms with van der Waals surface area (Å²) < 4.78 is 25.3. The third-order valence-corrected chi connectivity index (χ3v) is 4.88. The highest BCUT2D eigenvalue weighted by atomic mass is 32.2. The fourth-order valence-electron chi connectivity index (χ4n) is 1.93. The van der Waals surface area contributed by atoms with Crippen LogP contribution in [-0.4, -0.2) is 28.6 Å². The van der Waals surface area contributed by atoms with Crippen molar-refractivity contribution in [2.75, 3.05) is 13.7 Å². The molecule has 2 atom stereocenters. The van der Waals surface area contributed by atoms with Crippen LogP contribution in [0.25, 0.3) is 0 Å². The van der Waals surface area contributed by atoms with Gasteiger partial charge in [-0.2, -0.15) is 0 Å². The van der Waals surface area contributed by atoms with Gasteiger partial charge in [0.25, 0.3) is 0 Å². The molecule has 0 spiro atoms. The molecule has 0 unspecified atom stereocenters. The van der Waals surface area contributed by atoms with Crippen molar-refractivity contribution < 1.29 is 18.5 Å². The van der Waals surface area contributed by atoms with Crippen LogP contribution in [0.1, 0.15) is 52.1 Å². The second kappa shape index (κ2) is 9.03. The lowest BCUT2D eigenvalue weighted by atomic mass is 10.0. The van der Waals surface area contributed by atoms with E-state index in [0.717, 1.165) is 11.3 Å². The van der Waals surface area contributed by atoms with E-state index in [2.05, 4.69) is 4.72 Å². The summed E-state index contributed by atoms with van der Waals surface area (Å²) in [5.74, 6) is 0.518. The molecule has 0 aliphatic heterocycles. The first-order chi connectivity index (χ1) is 10.8. The maximum Gasteiger partial charge on any atom is 0.305 e. The number of esters is 1. The Labute approximate surface area is 141 Å². The molecule has 130 valence electrons. The zero-order valence-corrected chi connectivity index (χ0v) is 15.4. The van der Waals surface area contributed by atoms with Gasteiger partial charge in [0.1, 0.15) is 5.75 Å². The van der Waals surface area contributed by atoms with Crippen molar-refractivity contribution in [3.8, 4) is 5.75 Å². The molecule has 0 heterocycles.